The summed E-state index contributed by atoms with van der Waals surface area (Å²) in [5.41, 5.74) is -0.297. The van der Waals surface area contributed by atoms with Gasteiger partial charge in [0.25, 0.3) is 5.91 Å². The molecule has 1 unspecified atom stereocenters. The van der Waals surface area contributed by atoms with Gasteiger partial charge in [0.2, 0.25) is 0 Å². The number of carbonyl (C=O) groups excluding carboxylic acids is 2. The van der Waals surface area contributed by atoms with E-state index < -0.39 is 15.4 Å². The van der Waals surface area contributed by atoms with E-state index in [1.54, 1.807) is 11.0 Å². The third-order valence-electron chi connectivity index (χ3n) is 4.03. The molecule has 2 amide bonds. The van der Waals surface area contributed by atoms with Crippen LogP contribution in [0.1, 0.15) is 44.0 Å². The molecule has 0 aromatic heterocycles. The number of nitrogens with zero attached hydrogens (tertiary/aromatic N) is 1. The lowest BCUT2D eigenvalue weighted by molar-refractivity contribution is 0.0225. The lowest BCUT2D eigenvalue weighted by atomic mass is 10.2. The van der Waals surface area contributed by atoms with Crippen LogP contribution in [0, 0.1) is 0 Å². The molecule has 26 heavy (non-hydrogen) atoms. The van der Waals surface area contributed by atoms with Crippen molar-refractivity contribution in [1.82, 2.24) is 10.2 Å². The third-order valence-corrected chi connectivity index (χ3v) is 5.14. The van der Waals surface area contributed by atoms with Gasteiger partial charge in [-0.05, 0) is 51.8 Å². The summed E-state index contributed by atoms with van der Waals surface area (Å²) in [7, 11) is -3.38. The van der Waals surface area contributed by atoms with Crippen molar-refractivity contribution in [3.63, 3.8) is 0 Å². The highest BCUT2D eigenvalue weighted by Crippen LogP contribution is 2.20. The average molecular weight is 382 g/mol. The third kappa shape index (κ3) is 5.45. The van der Waals surface area contributed by atoms with E-state index in [1.807, 2.05) is 20.8 Å². The first-order valence-corrected chi connectivity index (χ1v) is 10.4. The zero-order valence-electron chi connectivity index (χ0n) is 15.6. The highest BCUT2D eigenvalue weighted by Gasteiger charge is 2.32. The molecular formula is C18H26N2O5S. The van der Waals surface area contributed by atoms with E-state index in [9.17, 15) is 18.0 Å². The van der Waals surface area contributed by atoms with Crippen LogP contribution < -0.4 is 5.32 Å². The van der Waals surface area contributed by atoms with Gasteiger partial charge in [-0.15, -0.1) is 0 Å². The molecule has 1 heterocycles. The zero-order chi connectivity index (χ0) is 19.5. The average Bonchev–Trinajstić information content (AvgIpc) is 2.99. The largest absolute Gasteiger partial charge is 0.444 e. The number of carbonyl (C=O) groups is 2. The molecule has 1 aliphatic rings. The van der Waals surface area contributed by atoms with Gasteiger partial charge in [0.05, 0.1) is 10.9 Å². The lowest BCUT2D eigenvalue weighted by Gasteiger charge is -2.28. The molecule has 0 saturated carbocycles. The van der Waals surface area contributed by atoms with E-state index in [2.05, 4.69) is 5.32 Å². The Balaban J connectivity index is 1.99. The monoisotopic (exact) mass is 382 g/mol. The van der Waals surface area contributed by atoms with Crippen molar-refractivity contribution in [3.8, 4) is 0 Å². The summed E-state index contributed by atoms with van der Waals surface area (Å²) >= 11 is 0. The fraction of sp³-hybridized carbons (Fsp3) is 0.556. The Morgan fingerprint density at radius 2 is 2.00 bits per heavy atom. The molecule has 7 nitrogen and oxygen atoms in total. The van der Waals surface area contributed by atoms with Crippen molar-refractivity contribution >= 4 is 21.8 Å². The Bertz CT molecular complexity index is 783. The van der Waals surface area contributed by atoms with Gasteiger partial charge in [-0.1, -0.05) is 6.07 Å². The van der Waals surface area contributed by atoms with E-state index in [-0.39, 0.29) is 28.5 Å². The number of hydrogen-bond acceptors (Lipinski definition) is 5. The highest BCUT2D eigenvalue weighted by atomic mass is 32.2. The standard InChI is InChI=1S/C18H26N2O5S/c1-18(2,3)25-17(22)20-10-6-8-14(20)12-19-16(21)13-7-5-9-15(11-13)26(4,23)24/h5,7,9,11,14H,6,8,10,12H2,1-4H3,(H,19,21). The van der Waals surface area contributed by atoms with Gasteiger partial charge in [-0.3, -0.25) is 4.79 Å². The Labute approximate surface area is 154 Å². The quantitative estimate of drug-likeness (QED) is 0.862. The molecule has 144 valence electrons. The fourth-order valence-electron chi connectivity index (χ4n) is 2.79. The molecule has 1 N–H and O–H groups in total. The summed E-state index contributed by atoms with van der Waals surface area (Å²) < 4.78 is 28.6. The minimum atomic E-state index is -3.38. The number of amides is 2. The number of benzene rings is 1. The van der Waals surface area contributed by atoms with Gasteiger partial charge < -0.3 is 15.0 Å². The first-order chi connectivity index (χ1) is 12.0. The van der Waals surface area contributed by atoms with Crippen LogP contribution in [0.4, 0.5) is 4.79 Å². The molecular weight excluding hydrogens is 356 g/mol. The van der Waals surface area contributed by atoms with Crippen LogP contribution in [0.3, 0.4) is 0 Å². The van der Waals surface area contributed by atoms with Crippen molar-refractivity contribution in [1.29, 1.82) is 0 Å². The maximum absolute atomic E-state index is 12.3. The molecule has 1 saturated heterocycles. The molecule has 0 aliphatic carbocycles. The Kier molecular flexibility index (Phi) is 5.95. The minimum absolute atomic E-state index is 0.0985. The van der Waals surface area contributed by atoms with Crippen LogP contribution >= 0.6 is 0 Å². The highest BCUT2D eigenvalue weighted by molar-refractivity contribution is 7.90. The molecule has 2 rings (SSSR count). The van der Waals surface area contributed by atoms with Crippen molar-refractivity contribution < 1.29 is 22.7 Å². The van der Waals surface area contributed by atoms with Gasteiger partial charge in [0.15, 0.2) is 9.84 Å². The smallest absolute Gasteiger partial charge is 0.410 e. The van der Waals surface area contributed by atoms with Gasteiger partial charge in [0.1, 0.15) is 5.60 Å². The Morgan fingerprint density at radius 3 is 2.62 bits per heavy atom. The predicted octanol–water partition coefficient (Wildman–Crippen LogP) is 2.22. The first kappa shape index (κ1) is 20.2. The molecule has 8 heteroatoms. The van der Waals surface area contributed by atoms with Gasteiger partial charge in [-0.25, -0.2) is 13.2 Å². The van der Waals surface area contributed by atoms with E-state index in [0.717, 1.165) is 19.1 Å². The van der Waals surface area contributed by atoms with Crippen LogP contribution in [0.2, 0.25) is 0 Å². The van der Waals surface area contributed by atoms with Gasteiger partial charge in [0, 0.05) is 24.9 Å². The second-order valence-corrected chi connectivity index (χ2v) is 9.50. The van der Waals surface area contributed by atoms with Crippen molar-refractivity contribution in [2.75, 3.05) is 19.3 Å². The molecule has 1 aromatic carbocycles. The zero-order valence-corrected chi connectivity index (χ0v) is 16.4. The number of likely N-dealkylation sites (tertiary alicyclic amines) is 1. The van der Waals surface area contributed by atoms with Gasteiger partial charge in [-0.2, -0.15) is 0 Å². The predicted molar refractivity (Wildman–Crippen MR) is 97.8 cm³/mol. The van der Waals surface area contributed by atoms with Crippen LogP contribution in [-0.4, -0.2) is 56.3 Å². The summed E-state index contributed by atoms with van der Waals surface area (Å²) in [5.74, 6) is -0.369. The summed E-state index contributed by atoms with van der Waals surface area (Å²) in [6.07, 6.45) is 2.35. The number of ether oxygens (including phenoxy) is 1. The second-order valence-electron chi connectivity index (χ2n) is 7.48. The van der Waals surface area contributed by atoms with Crippen LogP contribution in [0.5, 0.6) is 0 Å². The summed E-state index contributed by atoms with van der Waals surface area (Å²) in [5, 5.41) is 2.78. The topological polar surface area (TPSA) is 92.8 Å². The number of rotatable bonds is 4. The lowest BCUT2D eigenvalue weighted by Crippen LogP contribution is -2.45. The normalized spacial score (nSPS) is 17.8. The van der Waals surface area contributed by atoms with E-state index >= 15 is 0 Å². The molecule has 0 bridgehead atoms. The fourth-order valence-corrected chi connectivity index (χ4v) is 3.46. The van der Waals surface area contributed by atoms with Crippen molar-refractivity contribution in [2.24, 2.45) is 0 Å². The molecule has 0 radical (unpaired) electrons. The number of nitrogens with one attached hydrogen (secondary N) is 1. The first-order valence-electron chi connectivity index (χ1n) is 8.55. The maximum Gasteiger partial charge on any atom is 0.410 e. The number of hydrogen-bond donors (Lipinski definition) is 1. The molecule has 0 spiro atoms. The summed E-state index contributed by atoms with van der Waals surface area (Å²) in [6, 6.07) is 5.77. The van der Waals surface area contributed by atoms with Crippen LogP contribution in [0.15, 0.2) is 29.2 Å². The second kappa shape index (κ2) is 7.65. The Morgan fingerprint density at radius 1 is 1.31 bits per heavy atom. The van der Waals surface area contributed by atoms with Crippen molar-refractivity contribution in [3.05, 3.63) is 29.8 Å². The van der Waals surface area contributed by atoms with Crippen LogP contribution in [0.25, 0.3) is 0 Å². The number of sulfone groups is 1. The Hall–Kier alpha value is -2.09. The van der Waals surface area contributed by atoms with E-state index in [0.29, 0.717) is 13.1 Å². The maximum atomic E-state index is 12.3. The van der Waals surface area contributed by atoms with Crippen LogP contribution in [-0.2, 0) is 14.6 Å². The molecule has 1 aliphatic heterocycles. The summed E-state index contributed by atoms with van der Waals surface area (Å²) in [6.45, 7) is 6.33. The van der Waals surface area contributed by atoms with Gasteiger partial charge >= 0.3 is 6.09 Å². The van der Waals surface area contributed by atoms with E-state index in [1.165, 1.54) is 18.2 Å². The van der Waals surface area contributed by atoms with E-state index in [4.69, 9.17) is 4.74 Å². The SMILES string of the molecule is CC(C)(C)OC(=O)N1CCCC1CNC(=O)c1cccc(S(C)(=O)=O)c1. The molecule has 1 atom stereocenters. The summed E-state index contributed by atoms with van der Waals surface area (Å²) in [4.78, 5) is 26.3. The van der Waals surface area contributed by atoms with Crippen molar-refractivity contribution in [2.45, 2.75) is 50.2 Å². The molecule has 1 aromatic rings. The minimum Gasteiger partial charge on any atom is -0.444 e. The molecule has 1 fully saturated rings.